The molecule has 2 fully saturated rings. The Labute approximate surface area is 228 Å². The van der Waals surface area contributed by atoms with Crippen LogP contribution in [-0.2, 0) is 10.2 Å². The number of nitrogens with zero attached hydrogens (tertiary/aromatic N) is 1. The Balaban J connectivity index is 0.00000264. The zero-order valence-electron chi connectivity index (χ0n) is 21.3. The van der Waals surface area contributed by atoms with Gasteiger partial charge in [-0.2, -0.15) is 0 Å². The fraction of sp³-hybridized carbons (Fsp3) is 0.400. The molecule has 0 aromatic heterocycles. The summed E-state index contributed by atoms with van der Waals surface area (Å²) in [5, 5.41) is 14.2. The number of hydrogen-bond donors (Lipinski definition) is 2. The number of aldehydes is 1. The number of piperidine rings is 1. The van der Waals surface area contributed by atoms with Crippen molar-refractivity contribution in [3.05, 3.63) is 70.4 Å². The second kappa shape index (κ2) is 8.89. The maximum Gasteiger partial charge on any atom is 0.217 e. The molecule has 0 radical (unpaired) electrons. The van der Waals surface area contributed by atoms with Gasteiger partial charge < -0.3 is 36.8 Å². The molecule has 0 saturated carbocycles. The molecule has 2 unspecified atom stereocenters. The van der Waals surface area contributed by atoms with Crippen LogP contribution in [0.4, 0.5) is 5.69 Å². The van der Waals surface area contributed by atoms with E-state index < -0.39 is 5.41 Å². The van der Waals surface area contributed by atoms with E-state index in [1.165, 1.54) is 5.57 Å². The minimum Gasteiger partial charge on any atom is -1.00 e. The number of benzene rings is 2. The molecular formula is C30H31ClN2O5. The first-order chi connectivity index (χ1) is 18.0. The van der Waals surface area contributed by atoms with Crippen LogP contribution in [0.5, 0.6) is 17.2 Å². The van der Waals surface area contributed by atoms with E-state index in [-0.39, 0.29) is 35.9 Å². The van der Waals surface area contributed by atoms with Gasteiger partial charge in [0.2, 0.25) is 5.78 Å². The maximum absolute atomic E-state index is 13.9. The summed E-state index contributed by atoms with van der Waals surface area (Å²) in [5.41, 5.74) is 4.96. The first-order valence-corrected chi connectivity index (χ1v) is 13.2. The van der Waals surface area contributed by atoms with Crippen LogP contribution in [0.1, 0.15) is 42.1 Å². The molecule has 2 aromatic carbocycles. The number of allylic oxidation sites excluding steroid dienone is 2. The van der Waals surface area contributed by atoms with Gasteiger partial charge in [-0.05, 0) is 42.3 Å². The number of hydrogen-bond acceptors (Lipinski definition) is 6. The topological polar surface area (TPSA) is 84.9 Å². The molecule has 38 heavy (non-hydrogen) atoms. The molecule has 2 aromatic rings. The number of anilines is 1. The molecule has 4 heterocycles. The lowest BCUT2D eigenvalue weighted by Gasteiger charge is -2.53. The van der Waals surface area contributed by atoms with Crippen molar-refractivity contribution in [1.29, 1.82) is 0 Å². The van der Waals surface area contributed by atoms with E-state index in [2.05, 4.69) is 17.5 Å². The van der Waals surface area contributed by atoms with Crippen molar-refractivity contribution in [2.75, 3.05) is 38.2 Å². The van der Waals surface area contributed by atoms with Crippen LogP contribution >= 0.6 is 0 Å². The van der Waals surface area contributed by atoms with Gasteiger partial charge in [-0.15, -0.1) is 0 Å². The maximum atomic E-state index is 13.9. The number of Topliss-reactive ketones (excluding diaryl/α,β-unsaturated/α-hetero) is 1. The number of ether oxygens (including phenoxy) is 2. The Morgan fingerprint density at radius 1 is 1.21 bits per heavy atom. The Bertz CT molecular complexity index is 1420. The molecule has 4 aliphatic heterocycles. The van der Waals surface area contributed by atoms with E-state index >= 15 is 0 Å². The highest BCUT2D eigenvalue weighted by Gasteiger charge is 2.69. The van der Waals surface area contributed by atoms with Crippen LogP contribution in [0.3, 0.4) is 0 Å². The van der Waals surface area contributed by atoms with Gasteiger partial charge in [0, 0.05) is 42.0 Å². The quantitative estimate of drug-likeness (QED) is 0.201. The fourth-order valence-corrected chi connectivity index (χ4v) is 7.90. The minimum absolute atomic E-state index is 0. The predicted octanol–water partition coefficient (Wildman–Crippen LogP) is 1.13. The molecule has 4 atom stereocenters. The second-order valence-corrected chi connectivity index (χ2v) is 11.1. The highest BCUT2D eigenvalue weighted by atomic mass is 35.5. The van der Waals surface area contributed by atoms with Gasteiger partial charge in [-0.1, -0.05) is 18.2 Å². The number of halogens is 1. The van der Waals surface area contributed by atoms with E-state index in [0.29, 0.717) is 47.0 Å². The first kappa shape index (κ1) is 25.0. The number of nitrogens with one attached hydrogen (secondary N) is 1. The smallest absolute Gasteiger partial charge is 0.217 e. The van der Waals surface area contributed by atoms with E-state index in [4.69, 9.17) is 9.47 Å². The summed E-state index contributed by atoms with van der Waals surface area (Å²) in [6, 6.07) is 11.3. The Hall–Kier alpha value is -3.29. The number of carbonyl (C=O) groups excluding carboxylic acids is 2. The van der Waals surface area contributed by atoms with Gasteiger partial charge in [0.15, 0.2) is 11.5 Å². The number of carbonyl (C=O) groups is 2. The molecule has 5 aliphatic rings. The SMILES string of the molecule is C/C=C1/C[N+]2(CC(=O)c3ccc4c(c3)OCCCO4)CC[C@]34C(=C(C=O)[C@H]1CC32)Nc1c(O)cccc14.[Cl-]. The van der Waals surface area contributed by atoms with E-state index in [1.807, 2.05) is 31.2 Å². The van der Waals surface area contributed by atoms with E-state index in [9.17, 15) is 14.7 Å². The average Bonchev–Trinajstić information content (AvgIpc) is 3.32. The van der Waals surface area contributed by atoms with Crippen molar-refractivity contribution >= 4 is 17.8 Å². The summed E-state index contributed by atoms with van der Waals surface area (Å²) < 4.78 is 12.3. The third-order valence-corrected chi connectivity index (χ3v) is 9.49. The van der Waals surface area contributed by atoms with Crippen molar-refractivity contribution in [2.24, 2.45) is 5.92 Å². The standard InChI is InChI=1S/C30H30N2O5.ClH/c1-2-18-15-32(16-24(35)19-7-8-25-26(13-19)37-12-4-11-36-25)10-9-30-22-5-3-6-23(34)28(22)31-29(30)21(17-33)20(18)14-27(30)32;/h2-3,5-8,13,17,20,27H,4,9-12,14-16H2,1H3,(H-,31,33,34);1H/b18-2-;/t20-,27?,30+,32?;/m0./s1. The molecule has 8 heteroatoms. The average molecular weight is 535 g/mol. The van der Waals surface area contributed by atoms with Crippen LogP contribution in [0.15, 0.2) is 59.3 Å². The molecule has 0 amide bonds. The third kappa shape index (κ3) is 3.24. The summed E-state index contributed by atoms with van der Waals surface area (Å²) in [6.07, 6.45) is 5.61. The number of para-hydroxylation sites is 1. The number of fused-ring (bicyclic) bond motifs is 3. The molecule has 2 saturated heterocycles. The van der Waals surface area contributed by atoms with Crippen LogP contribution in [0.25, 0.3) is 0 Å². The van der Waals surface area contributed by atoms with Gasteiger partial charge in [0.05, 0.1) is 30.9 Å². The summed E-state index contributed by atoms with van der Waals surface area (Å²) in [7, 11) is 0. The first-order valence-electron chi connectivity index (χ1n) is 13.2. The largest absolute Gasteiger partial charge is 1.00 e. The number of quaternary nitrogens is 1. The van der Waals surface area contributed by atoms with Gasteiger partial charge in [-0.25, -0.2) is 0 Å². The van der Waals surface area contributed by atoms with Crippen LogP contribution in [0.2, 0.25) is 0 Å². The molecule has 7 nitrogen and oxygen atoms in total. The van der Waals surface area contributed by atoms with Gasteiger partial charge >= 0.3 is 0 Å². The molecule has 1 spiro atoms. The fourth-order valence-electron chi connectivity index (χ4n) is 7.90. The van der Waals surface area contributed by atoms with Crippen molar-refractivity contribution < 1.29 is 41.1 Å². The van der Waals surface area contributed by atoms with Crippen molar-refractivity contribution in [3.8, 4) is 17.2 Å². The molecular weight excluding hydrogens is 504 g/mol. The normalized spacial score (nSPS) is 31.0. The lowest BCUT2D eigenvalue weighted by molar-refractivity contribution is -0.934. The molecule has 2 bridgehead atoms. The van der Waals surface area contributed by atoms with E-state index in [1.54, 1.807) is 6.07 Å². The second-order valence-electron chi connectivity index (χ2n) is 11.1. The number of aromatic hydroxyl groups is 1. The molecule has 7 rings (SSSR count). The Morgan fingerprint density at radius 3 is 2.82 bits per heavy atom. The minimum atomic E-state index is -0.398. The van der Waals surface area contributed by atoms with Crippen molar-refractivity contribution in [3.63, 3.8) is 0 Å². The summed E-state index contributed by atoms with van der Waals surface area (Å²) in [5.74, 6) is 1.66. The predicted molar refractivity (Wildman–Crippen MR) is 138 cm³/mol. The van der Waals surface area contributed by atoms with Crippen LogP contribution < -0.4 is 27.2 Å². The lowest BCUT2D eigenvalue weighted by atomic mass is 9.61. The number of phenolic OH excluding ortho intramolecular Hbond substituents is 1. The van der Waals surface area contributed by atoms with Gasteiger partial charge in [-0.3, -0.25) is 9.59 Å². The Kier molecular flexibility index (Phi) is 5.85. The van der Waals surface area contributed by atoms with Gasteiger partial charge in [0.1, 0.15) is 31.2 Å². The van der Waals surface area contributed by atoms with Crippen LogP contribution in [-0.4, -0.2) is 60.5 Å². The third-order valence-electron chi connectivity index (χ3n) is 9.49. The number of phenols is 1. The lowest BCUT2D eigenvalue weighted by Crippen LogP contribution is -3.00. The Morgan fingerprint density at radius 2 is 2.03 bits per heavy atom. The van der Waals surface area contributed by atoms with Gasteiger partial charge in [0.25, 0.3) is 0 Å². The number of ketones is 1. The summed E-state index contributed by atoms with van der Waals surface area (Å²) >= 11 is 0. The summed E-state index contributed by atoms with van der Waals surface area (Å²) in [6.45, 7) is 5.19. The van der Waals surface area contributed by atoms with Crippen molar-refractivity contribution in [1.82, 2.24) is 0 Å². The van der Waals surface area contributed by atoms with E-state index in [0.717, 1.165) is 55.5 Å². The van der Waals surface area contributed by atoms with Crippen LogP contribution in [0, 0.1) is 5.92 Å². The zero-order chi connectivity index (χ0) is 25.4. The highest BCUT2D eigenvalue weighted by molar-refractivity contribution is 5.98. The summed E-state index contributed by atoms with van der Waals surface area (Å²) in [4.78, 5) is 26.4. The molecule has 198 valence electrons. The number of rotatable bonds is 4. The van der Waals surface area contributed by atoms with Crippen molar-refractivity contribution in [2.45, 2.75) is 37.6 Å². The molecule has 1 aliphatic carbocycles. The monoisotopic (exact) mass is 534 g/mol. The zero-order valence-corrected chi connectivity index (χ0v) is 22.1. The highest BCUT2D eigenvalue weighted by Crippen LogP contribution is 2.64. The molecule has 2 N–H and O–H groups in total.